The minimum atomic E-state index is -3.34. The predicted molar refractivity (Wildman–Crippen MR) is 103 cm³/mol. The van der Waals surface area contributed by atoms with Crippen LogP contribution in [0.25, 0.3) is 0 Å². The second-order valence-corrected chi connectivity index (χ2v) is 10.1. The number of hydrogen-bond acceptors (Lipinski definition) is 4. The highest BCUT2D eigenvalue weighted by molar-refractivity contribution is 7.88. The summed E-state index contributed by atoms with van der Waals surface area (Å²) >= 11 is 0. The van der Waals surface area contributed by atoms with Crippen LogP contribution in [0.15, 0.2) is 30.3 Å². The molecule has 3 fully saturated rings. The zero-order valence-electron chi connectivity index (χ0n) is 15.8. The Morgan fingerprint density at radius 2 is 1.89 bits per heavy atom. The molecule has 0 saturated carbocycles. The van der Waals surface area contributed by atoms with Crippen LogP contribution in [0, 0.1) is 5.41 Å². The number of benzene rings is 1. The third-order valence-electron chi connectivity index (χ3n) is 6.43. The molecular weight excluding hydrogens is 364 g/mol. The third kappa shape index (κ3) is 3.52. The molecule has 0 aromatic heterocycles. The van der Waals surface area contributed by atoms with Crippen molar-refractivity contribution in [2.45, 2.75) is 56.7 Å². The smallest absolute Gasteiger partial charge is 0.228 e. The summed E-state index contributed by atoms with van der Waals surface area (Å²) in [6.07, 6.45) is 5.69. The van der Waals surface area contributed by atoms with E-state index < -0.39 is 15.4 Å². The van der Waals surface area contributed by atoms with Crippen molar-refractivity contribution in [3.8, 4) is 0 Å². The number of hydrogen-bond donors (Lipinski definition) is 1. The molecule has 1 N–H and O–H groups in total. The fourth-order valence-corrected chi connectivity index (χ4v) is 6.77. The van der Waals surface area contributed by atoms with E-state index >= 15 is 0 Å². The van der Waals surface area contributed by atoms with Crippen LogP contribution in [0.2, 0.25) is 0 Å². The number of amides is 1. The molecule has 1 amide bonds. The molecule has 0 radical (unpaired) electrons. The van der Waals surface area contributed by atoms with Crippen LogP contribution in [-0.2, 0) is 26.0 Å². The Bertz CT molecular complexity index is 791. The second kappa shape index (κ2) is 7.18. The summed E-state index contributed by atoms with van der Waals surface area (Å²) in [5.74, 6) is 0.0131. The van der Waals surface area contributed by atoms with Crippen molar-refractivity contribution in [3.63, 3.8) is 0 Å². The molecule has 2 bridgehead atoms. The first-order valence-electron chi connectivity index (χ1n) is 9.81. The number of carbonyl (C=O) groups excluding carboxylic acids is 1. The quantitative estimate of drug-likeness (QED) is 0.828. The van der Waals surface area contributed by atoms with Gasteiger partial charge in [0.15, 0.2) is 0 Å². The van der Waals surface area contributed by atoms with E-state index in [1.807, 2.05) is 30.3 Å². The van der Waals surface area contributed by atoms with Gasteiger partial charge in [-0.1, -0.05) is 30.3 Å². The molecule has 0 unspecified atom stereocenters. The van der Waals surface area contributed by atoms with Gasteiger partial charge < -0.3 is 10.1 Å². The highest BCUT2D eigenvalue weighted by Crippen LogP contribution is 2.52. The Morgan fingerprint density at radius 3 is 2.52 bits per heavy atom. The summed E-state index contributed by atoms with van der Waals surface area (Å²) in [5, 5.41) is 3.24. The van der Waals surface area contributed by atoms with Gasteiger partial charge in [0.2, 0.25) is 15.9 Å². The zero-order valence-corrected chi connectivity index (χ0v) is 16.6. The lowest BCUT2D eigenvalue weighted by Gasteiger charge is -2.38. The Hall–Kier alpha value is -1.44. The highest BCUT2D eigenvalue weighted by Gasteiger charge is 2.62. The molecule has 0 aliphatic carbocycles. The molecule has 1 aromatic rings. The summed E-state index contributed by atoms with van der Waals surface area (Å²) in [6.45, 7) is 1.33. The number of rotatable bonds is 5. The lowest BCUT2D eigenvalue weighted by atomic mass is 9.69. The largest absolute Gasteiger partial charge is 0.381 e. The molecule has 3 aliphatic rings. The van der Waals surface area contributed by atoms with E-state index in [2.05, 4.69) is 5.32 Å². The number of fused-ring (bicyclic) bond motifs is 2. The average Bonchev–Trinajstić information content (AvgIpc) is 3.20. The Balaban J connectivity index is 1.65. The topological polar surface area (TPSA) is 75.7 Å². The second-order valence-electron chi connectivity index (χ2n) is 8.22. The minimum Gasteiger partial charge on any atom is -0.381 e. The van der Waals surface area contributed by atoms with Crippen LogP contribution in [0.5, 0.6) is 0 Å². The van der Waals surface area contributed by atoms with E-state index in [-0.39, 0.29) is 24.0 Å². The van der Waals surface area contributed by atoms with Crippen molar-refractivity contribution >= 4 is 15.9 Å². The summed E-state index contributed by atoms with van der Waals surface area (Å²) in [5.41, 5.74) is 0.395. The normalized spacial score (nSPS) is 31.9. The summed E-state index contributed by atoms with van der Waals surface area (Å²) < 4.78 is 31.9. The van der Waals surface area contributed by atoms with Crippen molar-refractivity contribution in [1.82, 2.24) is 9.62 Å². The molecule has 7 heteroatoms. The Morgan fingerprint density at radius 1 is 1.19 bits per heavy atom. The molecule has 3 atom stereocenters. The fraction of sp³-hybridized carbons (Fsp3) is 0.650. The lowest BCUT2D eigenvalue weighted by Crippen LogP contribution is -2.54. The first-order chi connectivity index (χ1) is 12.9. The molecule has 3 aliphatic heterocycles. The van der Waals surface area contributed by atoms with E-state index in [1.165, 1.54) is 6.26 Å². The van der Waals surface area contributed by atoms with E-state index in [0.717, 1.165) is 31.2 Å². The van der Waals surface area contributed by atoms with Gasteiger partial charge in [-0.15, -0.1) is 0 Å². The van der Waals surface area contributed by atoms with Gasteiger partial charge in [0.25, 0.3) is 0 Å². The van der Waals surface area contributed by atoms with Crippen molar-refractivity contribution in [3.05, 3.63) is 35.9 Å². The van der Waals surface area contributed by atoms with E-state index in [1.54, 1.807) is 4.31 Å². The Kier molecular flexibility index (Phi) is 5.03. The number of nitrogens with one attached hydrogen (secondary N) is 1. The van der Waals surface area contributed by atoms with Gasteiger partial charge >= 0.3 is 0 Å². The molecule has 27 heavy (non-hydrogen) atoms. The van der Waals surface area contributed by atoms with Gasteiger partial charge in [-0.2, -0.15) is 4.31 Å². The first kappa shape index (κ1) is 18.9. The predicted octanol–water partition coefficient (Wildman–Crippen LogP) is 1.71. The third-order valence-corrected chi connectivity index (χ3v) is 7.75. The number of sulfonamides is 1. The molecule has 148 valence electrons. The van der Waals surface area contributed by atoms with Crippen molar-refractivity contribution < 1.29 is 17.9 Å². The van der Waals surface area contributed by atoms with Gasteiger partial charge in [0, 0.05) is 31.3 Å². The van der Waals surface area contributed by atoms with Crippen molar-refractivity contribution in [1.29, 1.82) is 0 Å². The van der Waals surface area contributed by atoms with Crippen LogP contribution in [0.4, 0.5) is 0 Å². The summed E-state index contributed by atoms with van der Waals surface area (Å²) in [4.78, 5) is 13.5. The lowest BCUT2D eigenvalue weighted by molar-refractivity contribution is -0.134. The number of nitrogens with zero attached hydrogens (tertiary/aromatic N) is 1. The molecule has 1 aromatic carbocycles. The van der Waals surface area contributed by atoms with Crippen LogP contribution in [0.1, 0.15) is 37.7 Å². The van der Waals surface area contributed by atoms with Crippen LogP contribution in [-0.4, -0.2) is 56.2 Å². The molecule has 3 heterocycles. The molecule has 6 nitrogen and oxygen atoms in total. The summed E-state index contributed by atoms with van der Waals surface area (Å²) in [7, 11) is -3.34. The molecule has 0 spiro atoms. The maximum atomic E-state index is 13.5. The van der Waals surface area contributed by atoms with Gasteiger partial charge in [-0.25, -0.2) is 8.42 Å². The monoisotopic (exact) mass is 392 g/mol. The standard InChI is InChI=1S/C20H28N2O4S/c1-27(24,25)22-17-7-8-18(22)20(14-17,13-15-5-3-2-4-6-15)19(23)21-16-9-11-26-12-10-16/h2-6,16-18H,7-14H2,1H3,(H,21,23)/t17-,18+,20+/m1/s1. The summed E-state index contributed by atoms with van der Waals surface area (Å²) in [6, 6.07) is 9.76. The molecule has 3 saturated heterocycles. The maximum absolute atomic E-state index is 13.5. The van der Waals surface area contributed by atoms with Crippen molar-refractivity contribution in [2.75, 3.05) is 19.5 Å². The van der Waals surface area contributed by atoms with E-state index in [4.69, 9.17) is 4.74 Å². The first-order valence-corrected chi connectivity index (χ1v) is 11.7. The van der Waals surface area contributed by atoms with Crippen LogP contribution >= 0.6 is 0 Å². The maximum Gasteiger partial charge on any atom is 0.228 e. The average molecular weight is 393 g/mol. The van der Waals surface area contributed by atoms with Crippen LogP contribution < -0.4 is 5.32 Å². The van der Waals surface area contributed by atoms with Crippen molar-refractivity contribution in [2.24, 2.45) is 5.41 Å². The van der Waals surface area contributed by atoms with Gasteiger partial charge in [0.1, 0.15) is 0 Å². The fourth-order valence-electron chi connectivity index (χ4n) is 5.27. The van der Waals surface area contributed by atoms with Crippen LogP contribution in [0.3, 0.4) is 0 Å². The molecular formula is C20H28N2O4S. The van der Waals surface area contributed by atoms with Gasteiger partial charge in [-0.05, 0) is 44.1 Å². The highest BCUT2D eigenvalue weighted by atomic mass is 32.2. The number of carbonyl (C=O) groups is 1. The SMILES string of the molecule is CS(=O)(=O)N1[C@@H]2CC[C@H]1[C@@](Cc1ccccc1)(C(=O)NC1CCOCC1)C2. The Labute approximate surface area is 161 Å². The van der Waals surface area contributed by atoms with E-state index in [9.17, 15) is 13.2 Å². The zero-order chi connectivity index (χ0) is 19.1. The van der Waals surface area contributed by atoms with Gasteiger partial charge in [0.05, 0.1) is 11.7 Å². The molecule has 4 rings (SSSR count). The van der Waals surface area contributed by atoms with E-state index in [0.29, 0.717) is 26.1 Å². The minimum absolute atomic E-state index is 0.0131. The number of ether oxygens (including phenoxy) is 1. The van der Waals surface area contributed by atoms with Gasteiger partial charge in [-0.3, -0.25) is 4.79 Å².